The molecule has 0 aromatic heterocycles. The Morgan fingerprint density at radius 3 is 2.18 bits per heavy atom. The number of hydrogen-bond donors (Lipinski definition) is 1. The highest BCUT2D eigenvalue weighted by Gasteiger charge is 2.62. The predicted octanol–water partition coefficient (Wildman–Crippen LogP) is 3.30. The summed E-state index contributed by atoms with van der Waals surface area (Å²) in [7, 11) is -1.61. The molecule has 0 amide bonds. The molecule has 1 N–H and O–H groups in total. The lowest BCUT2D eigenvalue weighted by molar-refractivity contribution is 0.129. The van der Waals surface area contributed by atoms with Gasteiger partial charge in [0.05, 0.1) is 0 Å². The Morgan fingerprint density at radius 1 is 1.05 bits per heavy atom. The average molecular weight is 329 g/mol. The molecule has 0 aromatic rings. The van der Waals surface area contributed by atoms with E-state index < -0.39 is 10.2 Å². The number of hydrogen-bond acceptors (Lipinski definition) is 2. The van der Waals surface area contributed by atoms with Crippen molar-refractivity contribution in [3.8, 4) is 0 Å². The summed E-state index contributed by atoms with van der Waals surface area (Å²) in [5.74, 6) is 0.658. The Bertz CT molecular complexity index is 525. The molecular formula is C17H32N2O2S. The second kappa shape index (κ2) is 5.45. The van der Waals surface area contributed by atoms with Crippen LogP contribution in [-0.4, -0.2) is 31.9 Å². The van der Waals surface area contributed by atoms with E-state index in [4.69, 9.17) is 0 Å². The molecule has 0 heterocycles. The van der Waals surface area contributed by atoms with Gasteiger partial charge in [-0.15, -0.1) is 0 Å². The van der Waals surface area contributed by atoms with Crippen molar-refractivity contribution in [3.05, 3.63) is 0 Å². The zero-order chi connectivity index (χ0) is 16.2. The third-order valence-electron chi connectivity index (χ3n) is 7.55. The molecule has 0 spiro atoms. The molecule has 0 radical (unpaired) electrons. The topological polar surface area (TPSA) is 49.4 Å². The molecule has 22 heavy (non-hydrogen) atoms. The van der Waals surface area contributed by atoms with Crippen LogP contribution >= 0.6 is 0 Å². The largest absolute Gasteiger partial charge is 0.279 e. The maximum absolute atomic E-state index is 12.8. The van der Waals surface area contributed by atoms with Gasteiger partial charge in [-0.2, -0.15) is 17.4 Å². The minimum absolute atomic E-state index is 0.0947. The van der Waals surface area contributed by atoms with Crippen molar-refractivity contribution >= 4 is 10.2 Å². The smallest absolute Gasteiger partial charge is 0.198 e. The van der Waals surface area contributed by atoms with Crippen molar-refractivity contribution in [2.24, 2.45) is 16.7 Å². The van der Waals surface area contributed by atoms with Gasteiger partial charge in [-0.3, -0.25) is 0 Å². The molecule has 128 valence electrons. The second-order valence-electron chi connectivity index (χ2n) is 8.59. The first-order chi connectivity index (χ1) is 10.2. The molecule has 0 aromatic carbocycles. The summed E-state index contributed by atoms with van der Waals surface area (Å²) in [5.41, 5.74) is 0.335. The van der Waals surface area contributed by atoms with Gasteiger partial charge in [0.25, 0.3) is 10.2 Å². The quantitative estimate of drug-likeness (QED) is 0.861. The Balaban J connectivity index is 1.72. The maximum atomic E-state index is 12.8. The third-order valence-corrected chi connectivity index (χ3v) is 9.19. The van der Waals surface area contributed by atoms with Gasteiger partial charge in [-0.25, -0.2) is 0 Å². The van der Waals surface area contributed by atoms with Gasteiger partial charge in [0, 0.05) is 19.1 Å². The maximum Gasteiger partial charge on any atom is 0.279 e. The van der Waals surface area contributed by atoms with E-state index in [-0.39, 0.29) is 22.9 Å². The van der Waals surface area contributed by atoms with Crippen LogP contribution in [0, 0.1) is 16.7 Å². The van der Waals surface area contributed by atoms with Crippen LogP contribution in [0.4, 0.5) is 0 Å². The molecule has 2 bridgehead atoms. The number of rotatable bonds is 4. The van der Waals surface area contributed by atoms with E-state index in [0.717, 1.165) is 38.5 Å². The van der Waals surface area contributed by atoms with E-state index in [9.17, 15) is 8.42 Å². The first-order valence-corrected chi connectivity index (χ1v) is 10.4. The zero-order valence-corrected chi connectivity index (χ0v) is 15.4. The summed E-state index contributed by atoms with van der Waals surface area (Å²) in [5, 5.41) is 0. The summed E-state index contributed by atoms with van der Waals surface area (Å²) >= 11 is 0. The fourth-order valence-electron chi connectivity index (χ4n) is 5.29. The summed E-state index contributed by atoms with van der Waals surface area (Å²) in [6.45, 7) is 6.93. The molecule has 0 unspecified atom stereocenters. The Hall–Kier alpha value is -0.130. The zero-order valence-electron chi connectivity index (χ0n) is 14.6. The number of fused-ring (bicyclic) bond motifs is 2. The fraction of sp³-hybridized carbons (Fsp3) is 1.00. The second-order valence-corrected chi connectivity index (χ2v) is 10.4. The molecular weight excluding hydrogens is 296 g/mol. The Labute approximate surface area is 136 Å². The van der Waals surface area contributed by atoms with E-state index in [1.807, 2.05) is 0 Å². The van der Waals surface area contributed by atoms with Gasteiger partial charge in [0.2, 0.25) is 0 Å². The molecule has 3 fully saturated rings. The van der Waals surface area contributed by atoms with Crippen LogP contribution in [0.5, 0.6) is 0 Å². The highest BCUT2D eigenvalue weighted by atomic mass is 32.2. The Morgan fingerprint density at radius 2 is 1.68 bits per heavy atom. The van der Waals surface area contributed by atoms with Crippen molar-refractivity contribution in [2.75, 3.05) is 7.05 Å². The number of nitrogens with one attached hydrogen (secondary N) is 1. The van der Waals surface area contributed by atoms with Crippen molar-refractivity contribution in [2.45, 2.75) is 84.2 Å². The van der Waals surface area contributed by atoms with Gasteiger partial charge in [-0.1, -0.05) is 40.0 Å². The highest BCUT2D eigenvalue weighted by Crippen LogP contribution is 2.65. The predicted molar refractivity (Wildman–Crippen MR) is 89.7 cm³/mol. The van der Waals surface area contributed by atoms with Crippen LogP contribution in [0.25, 0.3) is 0 Å². The van der Waals surface area contributed by atoms with E-state index in [0.29, 0.717) is 5.92 Å². The van der Waals surface area contributed by atoms with Crippen molar-refractivity contribution in [3.63, 3.8) is 0 Å². The number of nitrogens with zero attached hydrogens (tertiary/aromatic N) is 1. The molecule has 3 aliphatic carbocycles. The van der Waals surface area contributed by atoms with Gasteiger partial charge < -0.3 is 0 Å². The summed E-state index contributed by atoms with van der Waals surface area (Å²) in [4.78, 5) is 0. The van der Waals surface area contributed by atoms with E-state index in [1.54, 1.807) is 11.4 Å². The monoisotopic (exact) mass is 328 g/mol. The normalized spacial score (nSPS) is 38.8. The summed E-state index contributed by atoms with van der Waals surface area (Å²) in [6.07, 6.45) is 8.96. The van der Waals surface area contributed by atoms with Crippen LogP contribution in [0.15, 0.2) is 0 Å². The molecule has 3 aliphatic rings. The first kappa shape index (κ1) is 16.7. The molecule has 5 heteroatoms. The first-order valence-electron chi connectivity index (χ1n) is 8.94. The minimum atomic E-state index is -3.37. The van der Waals surface area contributed by atoms with E-state index in [1.165, 1.54) is 12.8 Å². The van der Waals surface area contributed by atoms with Gasteiger partial charge in [0.1, 0.15) is 0 Å². The molecule has 0 saturated heterocycles. The highest BCUT2D eigenvalue weighted by molar-refractivity contribution is 7.87. The van der Waals surface area contributed by atoms with Gasteiger partial charge in [-0.05, 0) is 48.9 Å². The standard InChI is InChI=1S/C17H32N2O2S/c1-16(2)13-10-11-17(16,3)15(12-13)18-22(20,21)19(4)14-8-6-5-7-9-14/h13-15,18H,5-12H2,1-4H3/t13-,15+,17-/m1/s1. The van der Waals surface area contributed by atoms with Gasteiger partial charge in [0.15, 0.2) is 0 Å². The summed E-state index contributed by atoms with van der Waals surface area (Å²) < 4.78 is 30.4. The Kier molecular flexibility index (Phi) is 4.14. The average Bonchev–Trinajstić information content (AvgIpc) is 2.80. The van der Waals surface area contributed by atoms with Crippen LogP contribution in [0.1, 0.15) is 72.1 Å². The lowest BCUT2D eigenvalue weighted by atomic mass is 9.69. The van der Waals surface area contributed by atoms with Crippen LogP contribution < -0.4 is 4.72 Å². The third kappa shape index (κ3) is 2.44. The van der Waals surface area contributed by atoms with E-state index >= 15 is 0 Å². The minimum Gasteiger partial charge on any atom is -0.198 e. The SMILES string of the molecule is CN(C1CCCCC1)S(=O)(=O)N[C@H]1C[C@H]2CC[C@@]1(C)C2(C)C. The van der Waals surface area contributed by atoms with Crippen LogP contribution in [-0.2, 0) is 10.2 Å². The lowest BCUT2D eigenvalue weighted by Crippen LogP contribution is -2.53. The van der Waals surface area contributed by atoms with Crippen molar-refractivity contribution in [1.82, 2.24) is 9.03 Å². The molecule has 3 atom stereocenters. The summed E-state index contributed by atoms with van der Waals surface area (Å²) in [6, 6.07) is 0.281. The fourth-order valence-corrected chi connectivity index (χ4v) is 6.77. The molecule has 3 saturated carbocycles. The molecule has 4 nitrogen and oxygen atoms in total. The molecule has 0 aliphatic heterocycles. The molecule has 3 rings (SSSR count). The van der Waals surface area contributed by atoms with Crippen LogP contribution in [0.2, 0.25) is 0 Å². The van der Waals surface area contributed by atoms with Crippen molar-refractivity contribution < 1.29 is 8.42 Å². The van der Waals surface area contributed by atoms with Crippen LogP contribution in [0.3, 0.4) is 0 Å². The van der Waals surface area contributed by atoms with Gasteiger partial charge >= 0.3 is 0 Å². The lowest BCUT2D eigenvalue weighted by Gasteiger charge is -2.40. The van der Waals surface area contributed by atoms with Crippen molar-refractivity contribution in [1.29, 1.82) is 0 Å². The van der Waals surface area contributed by atoms with E-state index in [2.05, 4.69) is 25.5 Å².